The molecule has 1 amide bonds. The highest BCUT2D eigenvalue weighted by Gasteiger charge is 2.28. The second-order valence-electron chi connectivity index (χ2n) is 4.28. The quantitative estimate of drug-likeness (QED) is 0.857. The standard InChI is InChI=1S/C14H11ClN2O2/c15-13-6-5-10(8-16-13)17-14(18)12-7-9-3-1-2-4-11(9)19-12/h1-6,8,12H,7H2,(H,17,18)/t12-/m1/s1. The molecule has 2 heterocycles. The molecule has 0 saturated carbocycles. The van der Waals surface area contributed by atoms with Crippen LogP contribution < -0.4 is 10.1 Å². The zero-order valence-corrected chi connectivity index (χ0v) is 10.7. The van der Waals surface area contributed by atoms with Gasteiger partial charge in [0.2, 0.25) is 0 Å². The van der Waals surface area contributed by atoms with Gasteiger partial charge in [0.25, 0.3) is 5.91 Å². The minimum Gasteiger partial charge on any atom is -0.480 e. The first kappa shape index (κ1) is 12.0. The van der Waals surface area contributed by atoms with Gasteiger partial charge in [0, 0.05) is 6.42 Å². The predicted molar refractivity (Wildman–Crippen MR) is 72.4 cm³/mol. The van der Waals surface area contributed by atoms with Crippen LogP contribution in [0.2, 0.25) is 5.15 Å². The first-order valence-corrected chi connectivity index (χ1v) is 6.27. The fourth-order valence-corrected chi connectivity index (χ4v) is 2.11. The first-order chi connectivity index (χ1) is 9.22. The molecule has 5 heteroatoms. The average Bonchev–Trinajstić information content (AvgIpc) is 2.85. The van der Waals surface area contributed by atoms with E-state index in [4.69, 9.17) is 16.3 Å². The van der Waals surface area contributed by atoms with Crippen LogP contribution in [0.1, 0.15) is 5.56 Å². The zero-order chi connectivity index (χ0) is 13.2. The topological polar surface area (TPSA) is 51.2 Å². The van der Waals surface area contributed by atoms with Crippen molar-refractivity contribution in [3.05, 3.63) is 53.3 Å². The second-order valence-corrected chi connectivity index (χ2v) is 4.66. The maximum absolute atomic E-state index is 12.1. The Bertz CT molecular complexity index is 588. The minimum absolute atomic E-state index is 0.180. The van der Waals surface area contributed by atoms with Crippen molar-refractivity contribution in [3.63, 3.8) is 0 Å². The summed E-state index contributed by atoms with van der Waals surface area (Å²) in [6, 6.07) is 11.0. The Balaban J connectivity index is 1.68. The van der Waals surface area contributed by atoms with E-state index in [-0.39, 0.29) is 5.91 Å². The summed E-state index contributed by atoms with van der Waals surface area (Å²) in [4.78, 5) is 16.0. The third-order valence-electron chi connectivity index (χ3n) is 2.93. The number of nitrogens with zero attached hydrogens (tertiary/aromatic N) is 1. The minimum atomic E-state index is -0.493. The number of hydrogen-bond donors (Lipinski definition) is 1. The van der Waals surface area contributed by atoms with E-state index in [0.29, 0.717) is 17.3 Å². The van der Waals surface area contributed by atoms with Crippen LogP contribution >= 0.6 is 11.6 Å². The summed E-state index contributed by atoms with van der Waals surface area (Å²) in [7, 11) is 0. The lowest BCUT2D eigenvalue weighted by Gasteiger charge is -2.11. The van der Waals surface area contributed by atoms with Crippen molar-refractivity contribution >= 4 is 23.2 Å². The molecule has 19 heavy (non-hydrogen) atoms. The molecule has 96 valence electrons. The van der Waals surface area contributed by atoms with Crippen molar-refractivity contribution in [1.82, 2.24) is 4.98 Å². The van der Waals surface area contributed by atoms with Gasteiger partial charge in [-0.25, -0.2) is 4.98 Å². The molecule has 2 aromatic rings. The van der Waals surface area contributed by atoms with Crippen LogP contribution in [0.25, 0.3) is 0 Å². The van der Waals surface area contributed by atoms with Crippen molar-refractivity contribution in [2.75, 3.05) is 5.32 Å². The largest absolute Gasteiger partial charge is 0.480 e. The predicted octanol–water partition coefficient (Wildman–Crippen LogP) is 2.68. The SMILES string of the molecule is O=C(Nc1ccc(Cl)nc1)[C@H]1Cc2ccccc2O1. The molecular formula is C14H11ClN2O2. The van der Waals surface area contributed by atoms with Crippen LogP contribution in [0.4, 0.5) is 5.69 Å². The molecule has 1 aromatic carbocycles. The van der Waals surface area contributed by atoms with Gasteiger partial charge in [0.05, 0.1) is 11.9 Å². The Morgan fingerprint density at radius 2 is 2.16 bits per heavy atom. The molecular weight excluding hydrogens is 264 g/mol. The van der Waals surface area contributed by atoms with E-state index in [1.54, 1.807) is 12.1 Å². The van der Waals surface area contributed by atoms with Crippen LogP contribution in [0.3, 0.4) is 0 Å². The number of benzene rings is 1. The molecule has 0 spiro atoms. The van der Waals surface area contributed by atoms with Gasteiger partial charge in [-0.05, 0) is 23.8 Å². The van der Waals surface area contributed by atoms with Crippen LogP contribution in [-0.2, 0) is 11.2 Å². The number of ether oxygens (including phenoxy) is 1. The second kappa shape index (κ2) is 4.90. The monoisotopic (exact) mass is 274 g/mol. The highest BCUT2D eigenvalue weighted by Crippen LogP contribution is 2.28. The number of pyridine rings is 1. The van der Waals surface area contributed by atoms with E-state index in [1.807, 2.05) is 24.3 Å². The van der Waals surface area contributed by atoms with Crippen LogP contribution in [0, 0.1) is 0 Å². The molecule has 1 N–H and O–H groups in total. The normalized spacial score (nSPS) is 16.6. The van der Waals surface area contributed by atoms with E-state index >= 15 is 0 Å². The number of halogens is 1. The number of rotatable bonds is 2. The first-order valence-electron chi connectivity index (χ1n) is 5.89. The number of anilines is 1. The number of carbonyl (C=O) groups excluding carboxylic acids is 1. The number of hydrogen-bond acceptors (Lipinski definition) is 3. The average molecular weight is 275 g/mol. The van der Waals surface area contributed by atoms with Gasteiger partial charge in [0.1, 0.15) is 10.9 Å². The zero-order valence-electron chi connectivity index (χ0n) is 9.97. The summed E-state index contributed by atoms with van der Waals surface area (Å²) in [5.41, 5.74) is 1.66. The summed E-state index contributed by atoms with van der Waals surface area (Å²) in [5.74, 6) is 0.595. The van der Waals surface area contributed by atoms with Gasteiger partial charge in [-0.1, -0.05) is 29.8 Å². The molecule has 0 unspecified atom stereocenters. The number of carbonyl (C=O) groups is 1. The summed E-state index contributed by atoms with van der Waals surface area (Å²) in [6.45, 7) is 0. The third kappa shape index (κ3) is 2.53. The molecule has 1 aliphatic heterocycles. The maximum Gasteiger partial charge on any atom is 0.265 e. The van der Waals surface area contributed by atoms with Crippen LogP contribution in [-0.4, -0.2) is 17.0 Å². The van der Waals surface area contributed by atoms with Crippen molar-refractivity contribution in [2.24, 2.45) is 0 Å². The highest BCUT2D eigenvalue weighted by atomic mass is 35.5. The summed E-state index contributed by atoms with van der Waals surface area (Å²) in [6.07, 6.45) is 1.61. The molecule has 3 rings (SSSR count). The lowest BCUT2D eigenvalue weighted by Crippen LogP contribution is -2.31. The molecule has 0 fully saturated rings. The molecule has 0 radical (unpaired) electrons. The Kier molecular flexibility index (Phi) is 3.09. The van der Waals surface area contributed by atoms with Crippen LogP contribution in [0.15, 0.2) is 42.6 Å². The molecule has 0 aliphatic carbocycles. The Morgan fingerprint density at radius 1 is 1.32 bits per heavy atom. The molecule has 0 saturated heterocycles. The summed E-state index contributed by atoms with van der Waals surface area (Å²) in [5, 5.41) is 3.15. The van der Waals surface area contributed by atoms with Crippen molar-refractivity contribution in [3.8, 4) is 5.75 Å². The van der Waals surface area contributed by atoms with Crippen molar-refractivity contribution < 1.29 is 9.53 Å². The summed E-state index contributed by atoms with van der Waals surface area (Å²) >= 11 is 5.69. The van der Waals surface area contributed by atoms with E-state index in [2.05, 4.69) is 10.3 Å². The Morgan fingerprint density at radius 3 is 2.89 bits per heavy atom. The highest BCUT2D eigenvalue weighted by molar-refractivity contribution is 6.29. The van der Waals surface area contributed by atoms with E-state index in [9.17, 15) is 4.79 Å². The third-order valence-corrected chi connectivity index (χ3v) is 3.16. The Labute approximate surface area is 115 Å². The lowest BCUT2D eigenvalue weighted by molar-refractivity contribution is -0.122. The maximum atomic E-state index is 12.1. The molecule has 1 atom stereocenters. The number of para-hydroxylation sites is 1. The van der Waals surface area contributed by atoms with E-state index < -0.39 is 6.10 Å². The number of aromatic nitrogens is 1. The van der Waals surface area contributed by atoms with Crippen molar-refractivity contribution in [2.45, 2.75) is 12.5 Å². The molecule has 4 nitrogen and oxygen atoms in total. The Hall–Kier alpha value is -2.07. The van der Waals surface area contributed by atoms with Gasteiger partial charge in [0.15, 0.2) is 6.10 Å². The molecule has 0 bridgehead atoms. The van der Waals surface area contributed by atoms with Gasteiger partial charge in [-0.3, -0.25) is 4.79 Å². The van der Waals surface area contributed by atoms with Gasteiger partial charge in [-0.15, -0.1) is 0 Å². The fraction of sp³-hybridized carbons (Fsp3) is 0.143. The summed E-state index contributed by atoms with van der Waals surface area (Å²) < 4.78 is 5.61. The van der Waals surface area contributed by atoms with Gasteiger partial charge in [-0.2, -0.15) is 0 Å². The van der Waals surface area contributed by atoms with Gasteiger partial charge < -0.3 is 10.1 Å². The molecule has 1 aromatic heterocycles. The molecule has 1 aliphatic rings. The van der Waals surface area contributed by atoms with E-state index in [1.165, 1.54) is 6.20 Å². The van der Waals surface area contributed by atoms with Gasteiger partial charge >= 0.3 is 0 Å². The lowest BCUT2D eigenvalue weighted by atomic mass is 10.1. The van der Waals surface area contributed by atoms with Crippen molar-refractivity contribution in [1.29, 1.82) is 0 Å². The van der Waals surface area contributed by atoms with Crippen LogP contribution in [0.5, 0.6) is 5.75 Å². The smallest absolute Gasteiger partial charge is 0.265 e. The number of amides is 1. The number of nitrogens with one attached hydrogen (secondary N) is 1. The number of fused-ring (bicyclic) bond motifs is 1. The fourth-order valence-electron chi connectivity index (χ4n) is 2.00. The van der Waals surface area contributed by atoms with E-state index in [0.717, 1.165) is 11.3 Å².